The molecule has 0 atom stereocenters. The van der Waals surface area contributed by atoms with Crippen LogP contribution in [0.2, 0.25) is 0 Å². The molecule has 10 heteroatoms. The van der Waals surface area contributed by atoms with Gasteiger partial charge in [0.2, 0.25) is 15.9 Å². The highest BCUT2D eigenvalue weighted by atomic mass is 32.2. The number of imidazole rings is 1. The molecule has 0 fully saturated rings. The second-order valence-corrected chi connectivity index (χ2v) is 10.1. The zero-order valence-electron chi connectivity index (χ0n) is 17.9. The summed E-state index contributed by atoms with van der Waals surface area (Å²) in [5.74, 6) is 1.26. The maximum atomic E-state index is 12.9. The summed E-state index contributed by atoms with van der Waals surface area (Å²) >= 11 is 1.62. The number of amides is 1. The van der Waals surface area contributed by atoms with E-state index in [1.54, 1.807) is 30.0 Å². The molecule has 0 radical (unpaired) electrons. The van der Waals surface area contributed by atoms with E-state index in [0.717, 1.165) is 41.4 Å². The lowest BCUT2D eigenvalue weighted by molar-refractivity contribution is -0.121. The standard InChI is InChI=1S/C22H27FN4O3S2/c1-2-13-27-20-9-8-18(32(24,29)30)15-19(20)26-21(27)10-11-22(28)25-12-3-14-31-17-6-4-16(23)5-7-17/h4-9,15H,2-3,10-14H2,1H3,(H,25,28)(H2,24,29,30). The van der Waals surface area contributed by atoms with E-state index in [1.807, 2.05) is 11.5 Å². The van der Waals surface area contributed by atoms with Crippen molar-refractivity contribution in [2.75, 3.05) is 12.3 Å². The van der Waals surface area contributed by atoms with Gasteiger partial charge in [-0.3, -0.25) is 4.79 Å². The van der Waals surface area contributed by atoms with Crippen LogP contribution in [0.4, 0.5) is 4.39 Å². The summed E-state index contributed by atoms with van der Waals surface area (Å²) in [6.45, 7) is 3.34. The molecule has 1 heterocycles. The van der Waals surface area contributed by atoms with Crippen LogP contribution >= 0.6 is 11.8 Å². The summed E-state index contributed by atoms with van der Waals surface area (Å²) in [5.41, 5.74) is 1.38. The van der Waals surface area contributed by atoms with E-state index in [9.17, 15) is 17.6 Å². The normalized spacial score (nSPS) is 11.7. The van der Waals surface area contributed by atoms with Gasteiger partial charge in [0.1, 0.15) is 11.6 Å². The second kappa shape index (κ2) is 10.9. The number of nitrogens with zero attached hydrogens (tertiary/aromatic N) is 2. The maximum Gasteiger partial charge on any atom is 0.238 e. The number of aryl methyl sites for hydroxylation is 2. The number of benzene rings is 2. The average Bonchev–Trinajstić information content (AvgIpc) is 3.10. The molecule has 3 aromatic rings. The van der Waals surface area contributed by atoms with E-state index in [-0.39, 0.29) is 16.6 Å². The number of carbonyl (C=O) groups excluding carboxylic acids is 1. The highest BCUT2D eigenvalue weighted by Crippen LogP contribution is 2.21. The van der Waals surface area contributed by atoms with Crippen molar-refractivity contribution in [2.24, 2.45) is 5.14 Å². The van der Waals surface area contributed by atoms with Crippen LogP contribution in [-0.4, -0.2) is 36.2 Å². The predicted molar refractivity (Wildman–Crippen MR) is 124 cm³/mol. The van der Waals surface area contributed by atoms with E-state index in [4.69, 9.17) is 5.14 Å². The summed E-state index contributed by atoms with van der Waals surface area (Å²) in [5, 5.41) is 8.14. The smallest absolute Gasteiger partial charge is 0.238 e. The van der Waals surface area contributed by atoms with E-state index >= 15 is 0 Å². The molecule has 0 saturated heterocycles. The number of rotatable bonds is 11. The Kier molecular flexibility index (Phi) is 8.27. The third-order valence-corrected chi connectivity index (χ3v) is 6.89. The molecule has 3 N–H and O–H groups in total. The number of nitrogens with one attached hydrogen (secondary N) is 1. The van der Waals surface area contributed by atoms with Crippen LogP contribution in [0.15, 0.2) is 52.3 Å². The molecule has 0 unspecified atom stereocenters. The van der Waals surface area contributed by atoms with Crippen LogP contribution in [0.3, 0.4) is 0 Å². The summed E-state index contributed by atoms with van der Waals surface area (Å²) in [6, 6.07) is 11.0. The van der Waals surface area contributed by atoms with E-state index in [0.29, 0.717) is 24.9 Å². The number of aromatic nitrogens is 2. The lowest BCUT2D eigenvalue weighted by atomic mass is 10.2. The molecule has 172 valence electrons. The number of nitrogens with two attached hydrogens (primary N) is 1. The van der Waals surface area contributed by atoms with Crippen LogP contribution in [-0.2, 0) is 27.8 Å². The Labute approximate surface area is 191 Å². The van der Waals surface area contributed by atoms with Crippen molar-refractivity contribution >= 4 is 38.7 Å². The Balaban J connectivity index is 1.52. The SMILES string of the molecule is CCCn1c(CCC(=O)NCCCSc2ccc(F)cc2)nc2cc(S(N)(=O)=O)ccc21. The number of hydrogen-bond acceptors (Lipinski definition) is 5. The zero-order chi connectivity index (χ0) is 23.1. The van der Waals surface area contributed by atoms with Crippen LogP contribution < -0.4 is 10.5 Å². The molecule has 0 bridgehead atoms. The second-order valence-electron chi connectivity index (χ2n) is 7.38. The predicted octanol–water partition coefficient (Wildman–Crippen LogP) is 3.46. The molecule has 0 aliphatic heterocycles. The minimum absolute atomic E-state index is 0.0222. The summed E-state index contributed by atoms with van der Waals surface area (Å²) in [6.07, 6.45) is 2.43. The number of carbonyl (C=O) groups is 1. The summed E-state index contributed by atoms with van der Waals surface area (Å²) < 4.78 is 38.2. The number of hydrogen-bond donors (Lipinski definition) is 2. The van der Waals surface area contributed by atoms with Crippen LogP contribution in [0, 0.1) is 5.82 Å². The van der Waals surface area contributed by atoms with Gasteiger partial charge in [-0.25, -0.2) is 22.9 Å². The quantitative estimate of drug-likeness (QED) is 0.324. The monoisotopic (exact) mass is 478 g/mol. The van der Waals surface area contributed by atoms with Crippen LogP contribution in [0.5, 0.6) is 0 Å². The maximum absolute atomic E-state index is 12.9. The first-order chi connectivity index (χ1) is 15.3. The molecular weight excluding hydrogens is 451 g/mol. The number of sulfonamides is 1. The van der Waals surface area contributed by atoms with Gasteiger partial charge in [-0.1, -0.05) is 6.92 Å². The molecule has 1 amide bonds. The molecule has 3 rings (SSSR count). The van der Waals surface area contributed by atoms with Crippen molar-refractivity contribution in [3.63, 3.8) is 0 Å². The van der Waals surface area contributed by atoms with Gasteiger partial charge in [-0.2, -0.15) is 0 Å². The molecule has 0 aliphatic rings. The minimum Gasteiger partial charge on any atom is -0.356 e. The Bertz CT molecular complexity index is 1180. The average molecular weight is 479 g/mol. The van der Waals surface area contributed by atoms with Crippen LogP contribution in [0.1, 0.15) is 32.0 Å². The number of fused-ring (bicyclic) bond motifs is 1. The highest BCUT2D eigenvalue weighted by Gasteiger charge is 2.15. The fraction of sp³-hybridized carbons (Fsp3) is 0.364. The first-order valence-electron chi connectivity index (χ1n) is 10.4. The molecule has 0 saturated carbocycles. The van der Waals surface area contributed by atoms with Gasteiger partial charge < -0.3 is 9.88 Å². The van der Waals surface area contributed by atoms with Gasteiger partial charge in [0, 0.05) is 30.8 Å². The molecule has 2 aromatic carbocycles. The Morgan fingerprint density at radius 3 is 2.66 bits per heavy atom. The molecular formula is C22H27FN4O3S2. The van der Waals surface area contributed by atoms with Gasteiger partial charge in [-0.05, 0) is 61.1 Å². The lowest BCUT2D eigenvalue weighted by Crippen LogP contribution is -2.25. The molecule has 32 heavy (non-hydrogen) atoms. The minimum atomic E-state index is -3.80. The Morgan fingerprint density at radius 2 is 1.97 bits per heavy atom. The van der Waals surface area contributed by atoms with Gasteiger partial charge in [0.05, 0.1) is 15.9 Å². The number of primary sulfonamides is 1. The fourth-order valence-corrected chi connectivity index (χ4v) is 4.72. The van der Waals surface area contributed by atoms with Gasteiger partial charge in [0.25, 0.3) is 0 Å². The number of halogens is 1. The highest BCUT2D eigenvalue weighted by molar-refractivity contribution is 7.99. The molecule has 0 aliphatic carbocycles. The van der Waals surface area contributed by atoms with Gasteiger partial charge >= 0.3 is 0 Å². The molecule has 7 nitrogen and oxygen atoms in total. The molecule has 1 aromatic heterocycles. The summed E-state index contributed by atoms with van der Waals surface area (Å²) in [4.78, 5) is 17.8. The lowest BCUT2D eigenvalue weighted by Gasteiger charge is -2.08. The first kappa shape index (κ1) is 24.2. The van der Waals surface area contributed by atoms with E-state index in [2.05, 4.69) is 10.3 Å². The van der Waals surface area contributed by atoms with E-state index < -0.39 is 10.0 Å². The van der Waals surface area contributed by atoms with E-state index in [1.165, 1.54) is 24.3 Å². The van der Waals surface area contributed by atoms with Crippen molar-refractivity contribution in [1.82, 2.24) is 14.9 Å². The van der Waals surface area contributed by atoms with Crippen LogP contribution in [0.25, 0.3) is 11.0 Å². The fourth-order valence-electron chi connectivity index (χ4n) is 3.33. The van der Waals surface area contributed by atoms with Crippen molar-refractivity contribution in [3.05, 3.63) is 54.1 Å². The van der Waals surface area contributed by atoms with Crippen molar-refractivity contribution in [3.8, 4) is 0 Å². The van der Waals surface area contributed by atoms with Crippen molar-refractivity contribution in [1.29, 1.82) is 0 Å². The third kappa shape index (κ3) is 6.54. The largest absolute Gasteiger partial charge is 0.356 e. The number of thioether (sulfide) groups is 1. The summed E-state index contributed by atoms with van der Waals surface area (Å²) in [7, 11) is -3.80. The molecule has 0 spiro atoms. The Hall–Kier alpha value is -2.43. The third-order valence-electron chi connectivity index (χ3n) is 4.88. The van der Waals surface area contributed by atoms with Crippen molar-refractivity contribution in [2.45, 2.75) is 48.9 Å². The van der Waals surface area contributed by atoms with Gasteiger partial charge in [-0.15, -0.1) is 11.8 Å². The first-order valence-corrected chi connectivity index (χ1v) is 13.0. The zero-order valence-corrected chi connectivity index (χ0v) is 19.5. The topological polar surface area (TPSA) is 107 Å². The van der Waals surface area contributed by atoms with Crippen molar-refractivity contribution < 1.29 is 17.6 Å². The van der Waals surface area contributed by atoms with Gasteiger partial charge in [0.15, 0.2) is 0 Å². The Morgan fingerprint density at radius 1 is 1.22 bits per heavy atom.